The summed E-state index contributed by atoms with van der Waals surface area (Å²) in [5.74, 6) is 0. The highest BCUT2D eigenvalue weighted by atomic mass is 79.9. The van der Waals surface area contributed by atoms with Gasteiger partial charge in [-0.15, -0.1) is 0 Å². The Morgan fingerprint density at radius 3 is 2.79 bits per heavy atom. The van der Waals surface area contributed by atoms with Gasteiger partial charge in [-0.1, -0.05) is 0 Å². The molecule has 2 heterocycles. The van der Waals surface area contributed by atoms with Crippen LogP contribution in [0.25, 0.3) is 0 Å². The molecule has 1 aromatic rings. The van der Waals surface area contributed by atoms with Crippen molar-refractivity contribution in [2.24, 2.45) is 0 Å². The van der Waals surface area contributed by atoms with E-state index in [0.29, 0.717) is 0 Å². The summed E-state index contributed by atoms with van der Waals surface area (Å²) < 4.78 is 1.05. The van der Waals surface area contributed by atoms with E-state index in [1.165, 1.54) is 18.5 Å². The van der Waals surface area contributed by atoms with Crippen molar-refractivity contribution in [2.75, 3.05) is 11.4 Å². The molecule has 0 radical (unpaired) electrons. The molecule has 1 aromatic heterocycles. The van der Waals surface area contributed by atoms with Gasteiger partial charge in [0.2, 0.25) is 0 Å². The van der Waals surface area contributed by atoms with Crippen LogP contribution >= 0.6 is 15.9 Å². The van der Waals surface area contributed by atoms with Crippen molar-refractivity contribution in [3.05, 3.63) is 22.9 Å². The maximum atomic E-state index is 4.21. The van der Waals surface area contributed by atoms with E-state index in [-0.39, 0.29) is 5.54 Å². The average molecular weight is 255 g/mol. The van der Waals surface area contributed by atoms with Crippen molar-refractivity contribution in [1.82, 2.24) is 4.98 Å². The second-order valence-electron chi connectivity index (χ2n) is 4.43. The predicted molar refractivity (Wildman–Crippen MR) is 62.6 cm³/mol. The molecule has 1 fully saturated rings. The third kappa shape index (κ3) is 1.78. The molecule has 1 saturated heterocycles. The van der Waals surface area contributed by atoms with E-state index < -0.39 is 0 Å². The van der Waals surface area contributed by atoms with Crippen molar-refractivity contribution < 1.29 is 0 Å². The lowest BCUT2D eigenvalue weighted by Crippen LogP contribution is -2.38. The number of pyridine rings is 1. The number of anilines is 1. The fraction of sp³-hybridized carbons (Fsp3) is 0.545. The van der Waals surface area contributed by atoms with Crippen LogP contribution in [0.4, 0.5) is 5.69 Å². The summed E-state index contributed by atoms with van der Waals surface area (Å²) in [6.07, 6.45) is 6.31. The quantitative estimate of drug-likeness (QED) is 0.765. The molecule has 0 unspecified atom stereocenters. The van der Waals surface area contributed by atoms with Gasteiger partial charge in [-0.3, -0.25) is 4.98 Å². The van der Waals surface area contributed by atoms with E-state index in [0.717, 1.165) is 11.0 Å². The highest BCUT2D eigenvalue weighted by Crippen LogP contribution is 2.33. The third-order valence-corrected chi connectivity index (χ3v) is 3.34. The first kappa shape index (κ1) is 9.97. The van der Waals surface area contributed by atoms with Gasteiger partial charge in [-0.2, -0.15) is 0 Å². The van der Waals surface area contributed by atoms with Crippen molar-refractivity contribution in [2.45, 2.75) is 32.2 Å². The van der Waals surface area contributed by atoms with E-state index >= 15 is 0 Å². The first-order valence-electron chi connectivity index (χ1n) is 4.98. The minimum absolute atomic E-state index is 0.280. The summed E-state index contributed by atoms with van der Waals surface area (Å²) in [5.41, 5.74) is 1.50. The van der Waals surface area contributed by atoms with Crippen LogP contribution in [0.3, 0.4) is 0 Å². The zero-order valence-corrected chi connectivity index (χ0v) is 10.2. The molecule has 0 N–H and O–H groups in total. The SMILES string of the molecule is CC1(C)CCCN1c1cncc(Br)c1. The lowest BCUT2D eigenvalue weighted by Gasteiger charge is -2.33. The monoisotopic (exact) mass is 254 g/mol. The zero-order valence-electron chi connectivity index (χ0n) is 8.63. The van der Waals surface area contributed by atoms with Crippen LogP contribution in [0.5, 0.6) is 0 Å². The molecule has 1 aliphatic heterocycles. The number of rotatable bonds is 1. The molecule has 0 aromatic carbocycles. The largest absolute Gasteiger partial charge is 0.365 e. The molecule has 2 rings (SSSR count). The minimum Gasteiger partial charge on any atom is -0.365 e. The lowest BCUT2D eigenvalue weighted by molar-refractivity contribution is 0.517. The molecule has 0 atom stereocenters. The van der Waals surface area contributed by atoms with Crippen molar-refractivity contribution in [3.8, 4) is 0 Å². The Morgan fingerprint density at radius 1 is 1.43 bits per heavy atom. The van der Waals surface area contributed by atoms with Crippen molar-refractivity contribution >= 4 is 21.6 Å². The Labute approximate surface area is 93.5 Å². The highest BCUT2D eigenvalue weighted by Gasteiger charge is 2.31. The average Bonchev–Trinajstić information content (AvgIpc) is 2.45. The molecule has 1 aliphatic rings. The van der Waals surface area contributed by atoms with E-state index in [4.69, 9.17) is 0 Å². The molecule has 0 bridgehead atoms. The van der Waals surface area contributed by atoms with Crippen molar-refractivity contribution in [1.29, 1.82) is 0 Å². The van der Waals surface area contributed by atoms with E-state index in [1.807, 2.05) is 12.4 Å². The van der Waals surface area contributed by atoms with Gasteiger partial charge in [-0.05, 0) is 48.7 Å². The zero-order chi connectivity index (χ0) is 10.2. The topological polar surface area (TPSA) is 16.1 Å². The van der Waals surface area contributed by atoms with E-state index in [1.54, 1.807) is 0 Å². The van der Waals surface area contributed by atoms with Gasteiger partial charge in [0.1, 0.15) is 0 Å². The summed E-state index contributed by atoms with van der Waals surface area (Å²) in [5, 5.41) is 0. The predicted octanol–water partition coefficient (Wildman–Crippen LogP) is 3.22. The summed E-state index contributed by atoms with van der Waals surface area (Å²) in [6, 6.07) is 2.14. The number of hydrogen-bond donors (Lipinski definition) is 0. The highest BCUT2D eigenvalue weighted by molar-refractivity contribution is 9.10. The molecule has 0 saturated carbocycles. The van der Waals surface area contributed by atoms with Crippen LogP contribution in [0.1, 0.15) is 26.7 Å². The molecular formula is C11H15BrN2. The lowest BCUT2D eigenvalue weighted by atomic mass is 10.0. The molecule has 3 heteroatoms. The summed E-state index contributed by atoms with van der Waals surface area (Å²) in [6.45, 7) is 5.73. The fourth-order valence-corrected chi connectivity index (χ4v) is 2.49. The molecule has 0 spiro atoms. The number of hydrogen-bond acceptors (Lipinski definition) is 2. The third-order valence-electron chi connectivity index (χ3n) is 2.90. The normalized spacial score (nSPS) is 20.1. The number of aromatic nitrogens is 1. The maximum absolute atomic E-state index is 4.21. The van der Waals surface area contributed by atoms with Crippen molar-refractivity contribution in [3.63, 3.8) is 0 Å². The van der Waals surface area contributed by atoms with Gasteiger partial charge in [0, 0.05) is 22.8 Å². The van der Waals surface area contributed by atoms with Crippen LogP contribution in [0, 0.1) is 0 Å². The number of nitrogens with zero attached hydrogens (tertiary/aromatic N) is 2. The smallest absolute Gasteiger partial charge is 0.0568 e. The first-order chi connectivity index (χ1) is 6.59. The second kappa shape index (κ2) is 3.54. The Balaban J connectivity index is 2.31. The molecule has 14 heavy (non-hydrogen) atoms. The Morgan fingerprint density at radius 2 is 2.21 bits per heavy atom. The van der Waals surface area contributed by atoms with Gasteiger partial charge < -0.3 is 4.90 Å². The Bertz CT molecular complexity index is 336. The van der Waals surface area contributed by atoms with Gasteiger partial charge in [0.05, 0.1) is 11.9 Å². The van der Waals surface area contributed by atoms with Gasteiger partial charge in [0.15, 0.2) is 0 Å². The number of halogens is 1. The van der Waals surface area contributed by atoms with Crippen LogP contribution in [-0.4, -0.2) is 17.1 Å². The Hall–Kier alpha value is -0.570. The van der Waals surface area contributed by atoms with Crippen LogP contribution in [0.15, 0.2) is 22.9 Å². The molecular weight excluding hydrogens is 240 g/mol. The van der Waals surface area contributed by atoms with Gasteiger partial charge in [-0.25, -0.2) is 0 Å². The molecule has 2 nitrogen and oxygen atoms in total. The Kier molecular flexibility index (Phi) is 2.52. The summed E-state index contributed by atoms with van der Waals surface area (Å²) in [7, 11) is 0. The maximum Gasteiger partial charge on any atom is 0.0568 e. The second-order valence-corrected chi connectivity index (χ2v) is 5.34. The van der Waals surface area contributed by atoms with Crippen LogP contribution in [-0.2, 0) is 0 Å². The minimum atomic E-state index is 0.280. The summed E-state index contributed by atoms with van der Waals surface area (Å²) >= 11 is 3.46. The van der Waals surface area contributed by atoms with E-state index in [2.05, 4.69) is 45.7 Å². The molecule has 0 amide bonds. The standard InChI is InChI=1S/C11H15BrN2/c1-11(2)4-3-5-14(11)10-6-9(12)7-13-8-10/h6-8H,3-5H2,1-2H3. The first-order valence-corrected chi connectivity index (χ1v) is 5.77. The molecule has 0 aliphatic carbocycles. The fourth-order valence-electron chi connectivity index (χ4n) is 2.13. The molecule has 76 valence electrons. The van der Waals surface area contributed by atoms with Gasteiger partial charge >= 0.3 is 0 Å². The summed E-state index contributed by atoms with van der Waals surface area (Å²) in [4.78, 5) is 6.64. The van der Waals surface area contributed by atoms with Gasteiger partial charge in [0.25, 0.3) is 0 Å². The van der Waals surface area contributed by atoms with E-state index in [9.17, 15) is 0 Å². The van der Waals surface area contributed by atoms with Crippen LogP contribution < -0.4 is 4.90 Å². The van der Waals surface area contributed by atoms with Crippen LogP contribution in [0.2, 0.25) is 0 Å².